The molecule has 0 unspecified atom stereocenters. The molecule has 0 amide bonds. The number of hydrogen-bond acceptors (Lipinski definition) is 3. The van der Waals surface area contributed by atoms with E-state index in [1.165, 1.54) is 12.1 Å². The fourth-order valence-electron chi connectivity index (χ4n) is 2.63. The molecule has 1 aromatic carbocycles. The summed E-state index contributed by atoms with van der Waals surface area (Å²) < 4.78 is 38.6. The summed E-state index contributed by atoms with van der Waals surface area (Å²) in [5, 5.41) is 3.38. The Hall–Kier alpha value is -0.980. The molecule has 0 radical (unpaired) electrons. The van der Waals surface area contributed by atoms with Crippen molar-refractivity contribution in [2.75, 3.05) is 18.8 Å². The van der Waals surface area contributed by atoms with Gasteiger partial charge in [0.05, 0.1) is 5.75 Å². The van der Waals surface area contributed by atoms with Gasteiger partial charge in [0.1, 0.15) is 5.82 Å². The number of benzene rings is 1. The molecular weight excluding hydrogens is 291 g/mol. The molecule has 0 aliphatic carbocycles. The van der Waals surface area contributed by atoms with Crippen LogP contribution in [0.15, 0.2) is 24.3 Å². The fourth-order valence-corrected chi connectivity index (χ4v) is 4.18. The molecule has 1 heterocycles. The number of nitrogens with one attached hydrogen (secondary N) is 1. The average Bonchev–Trinajstić information content (AvgIpc) is 2.46. The van der Waals surface area contributed by atoms with Crippen molar-refractivity contribution in [3.8, 4) is 0 Å². The van der Waals surface area contributed by atoms with Gasteiger partial charge in [0.25, 0.3) is 0 Å². The van der Waals surface area contributed by atoms with Gasteiger partial charge in [-0.1, -0.05) is 19.1 Å². The molecule has 1 aliphatic rings. The lowest BCUT2D eigenvalue weighted by molar-refractivity contribution is 0.288. The molecule has 1 aromatic rings. The van der Waals surface area contributed by atoms with Crippen LogP contribution < -0.4 is 5.32 Å². The molecule has 1 fully saturated rings. The van der Waals surface area contributed by atoms with Gasteiger partial charge in [-0.3, -0.25) is 0 Å². The summed E-state index contributed by atoms with van der Waals surface area (Å²) in [7, 11) is -3.07. The zero-order valence-electron chi connectivity index (χ0n) is 12.4. The zero-order valence-corrected chi connectivity index (χ0v) is 13.2. The van der Waals surface area contributed by atoms with Gasteiger partial charge in [0.15, 0.2) is 0 Å². The highest BCUT2D eigenvalue weighted by Gasteiger charge is 2.26. The molecule has 0 saturated carbocycles. The smallest absolute Gasteiger partial charge is 0.214 e. The third kappa shape index (κ3) is 4.76. The Kier molecular flexibility index (Phi) is 5.72. The summed E-state index contributed by atoms with van der Waals surface area (Å²) in [4.78, 5) is 0. The molecule has 6 heteroatoms. The van der Waals surface area contributed by atoms with Crippen molar-refractivity contribution < 1.29 is 12.8 Å². The van der Waals surface area contributed by atoms with E-state index in [0.717, 1.165) is 18.4 Å². The summed E-state index contributed by atoms with van der Waals surface area (Å²) in [6, 6.07) is 6.83. The van der Waals surface area contributed by atoms with Crippen molar-refractivity contribution >= 4 is 10.0 Å². The number of nitrogens with zero attached hydrogens (tertiary/aromatic N) is 1. The summed E-state index contributed by atoms with van der Waals surface area (Å²) in [6.45, 7) is 3.64. The zero-order chi connectivity index (χ0) is 15.3. The third-order valence-electron chi connectivity index (χ3n) is 3.79. The van der Waals surface area contributed by atoms with Gasteiger partial charge < -0.3 is 5.32 Å². The standard InChI is InChI=1S/C15H23FN2O2S/c1-2-10-21(19,20)18-8-6-15(7-9-18)17-12-13-4-3-5-14(16)11-13/h3-5,11,15,17H,2,6-10,12H2,1H3. The Labute approximate surface area is 126 Å². The normalized spacial score (nSPS) is 18.0. The molecule has 4 nitrogen and oxygen atoms in total. The van der Waals surface area contributed by atoms with E-state index in [1.54, 1.807) is 10.4 Å². The highest BCUT2D eigenvalue weighted by molar-refractivity contribution is 7.89. The van der Waals surface area contributed by atoms with Crippen LogP contribution in [-0.2, 0) is 16.6 Å². The van der Waals surface area contributed by atoms with Crippen LogP contribution >= 0.6 is 0 Å². The molecule has 118 valence electrons. The van der Waals surface area contributed by atoms with Crippen molar-refractivity contribution in [1.82, 2.24) is 9.62 Å². The van der Waals surface area contributed by atoms with Crippen LogP contribution in [0.1, 0.15) is 31.7 Å². The molecule has 1 aliphatic heterocycles. The van der Waals surface area contributed by atoms with E-state index in [0.29, 0.717) is 32.1 Å². The maximum Gasteiger partial charge on any atom is 0.214 e. The second-order valence-corrected chi connectivity index (χ2v) is 7.59. The van der Waals surface area contributed by atoms with Gasteiger partial charge in [-0.2, -0.15) is 0 Å². The van der Waals surface area contributed by atoms with Gasteiger partial charge in [-0.05, 0) is 37.0 Å². The summed E-state index contributed by atoms with van der Waals surface area (Å²) in [6.07, 6.45) is 2.26. The third-order valence-corrected chi connectivity index (χ3v) is 5.87. The van der Waals surface area contributed by atoms with Gasteiger partial charge in [-0.15, -0.1) is 0 Å². The number of halogens is 1. The van der Waals surface area contributed by atoms with Crippen molar-refractivity contribution in [3.05, 3.63) is 35.6 Å². The quantitative estimate of drug-likeness (QED) is 0.875. The van der Waals surface area contributed by atoms with Gasteiger partial charge in [0.2, 0.25) is 10.0 Å². The van der Waals surface area contributed by atoms with Crippen LogP contribution in [0.3, 0.4) is 0 Å². The topological polar surface area (TPSA) is 49.4 Å². The number of rotatable bonds is 6. The first kappa shape index (κ1) is 16.4. The van der Waals surface area contributed by atoms with Crippen molar-refractivity contribution in [2.24, 2.45) is 0 Å². The molecular formula is C15H23FN2O2S. The molecule has 1 N–H and O–H groups in total. The minimum absolute atomic E-state index is 0.227. The van der Waals surface area contributed by atoms with Gasteiger partial charge >= 0.3 is 0 Å². The largest absolute Gasteiger partial charge is 0.310 e. The maximum atomic E-state index is 13.1. The monoisotopic (exact) mass is 314 g/mol. The van der Waals surface area contributed by atoms with E-state index in [4.69, 9.17) is 0 Å². The van der Waals surface area contributed by atoms with Gasteiger partial charge in [0, 0.05) is 25.7 Å². The summed E-state index contributed by atoms with van der Waals surface area (Å²) in [5.41, 5.74) is 0.913. The van der Waals surface area contributed by atoms with Crippen molar-refractivity contribution in [1.29, 1.82) is 0 Å². The van der Waals surface area contributed by atoms with Crippen LogP contribution in [0.4, 0.5) is 4.39 Å². The average molecular weight is 314 g/mol. The number of hydrogen-bond donors (Lipinski definition) is 1. The molecule has 0 aromatic heterocycles. The Bertz CT molecular complexity index is 555. The van der Waals surface area contributed by atoms with Crippen LogP contribution in [-0.4, -0.2) is 37.6 Å². The minimum Gasteiger partial charge on any atom is -0.310 e. The Morgan fingerprint density at radius 1 is 1.33 bits per heavy atom. The lowest BCUT2D eigenvalue weighted by Crippen LogP contribution is -2.45. The molecule has 1 saturated heterocycles. The first-order valence-corrected chi connectivity index (χ1v) is 9.08. The predicted molar refractivity (Wildman–Crippen MR) is 81.9 cm³/mol. The molecule has 0 atom stereocenters. The number of piperidine rings is 1. The molecule has 0 bridgehead atoms. The van der Waals surface area contributed by atoms with E-state index < -0.39 is 10.0 Å². The second kappa shape index (κ2) is 7.33. The van der Waals surface area contributed by atoms with Gasteiger partial charge in [-0.25, -0.2) is 17.1 Å². The van der Waals surface area contributed by atoms with Crippen LogP contribution in [0.2, 0.25) is 0 Å². The van der Waals surface area contributed by atoms with Crippen molar-refractivity contribution in [2.45, 2.75) is 38.8 Å². The maximum absolute atomic E-state index is 13.1. The molecule has 2 rings (SSSR count). The first-order chi connectivity index (χ1) is 10.0. The van der Waals surface area contributed by atoms with Crippen LogP contribution in [0.25, 0.3) is 0 Å². The van der Waals surface area contributed by atoms with E-state index >= 15 is 0 Å². The fraction of sp³-hybridized carbons (Fsp3) is 0.600. The van der Waals surface area contributed by atoms with Crippen LogP contribution in [0.5, 0.6) is 0 Å². The lowest BCUT2D eigenvalue weighted by Gasteiger charge is -2.31. The van der Waals surface area contributed by atoms with E-state index in [-0.39, 0.29) is 11.6 Å². The number of sulfonamides is 1. The first-order valence-electron chi connectivity index (χ1n) is 7.47. The Morgan fingerprint density at radius 2 is 2.05 bits per heavy atom. The van der Waals surface area contributed by atoms with Crippen LogP contribution in [0, 0.1) is 5.82 Å². The molecule has 21 heavy (non-hydrogen) atoms. The van der Waals surface area contributed by atoms with E-state index in [1.807, 2.05) is 13.0 Å². The Morgan fingerprint density at radius 3 is 2.67 bits per heavy atom. The highest BCUT2D eigenvalue weighted by Crippen LogP contribution is 2.15. The lowest BCUT2D eigenvalue weighted by atomic mass is 10.1. The Balaban J connectivity index is 1.79. The second-order valence-electron chi connectivity index (χ2n) is 5.50. The predicted octanol–water partition coefficient (Wildman–Crippen LogP) is 2.12. The van der Waals surface area contributed by atoms with E-state index in [9.17, 15) is 12.8 Å². The van der Waals surface area contributed by atoms with E-state index in [2.05, 4.69) is 5.32 Å². The minimum atomic E-state index is -3.07. The highest BCUT2D eigenvalue weighted by atomic mass is 32.2. The summed E-state index contributed by atoms with van der Waals surface area (Å²) in [5.74, 6) is 0.00349. The summed E-state index contributed by atoms with van der Waals surface area (Å²) >= 11 is 0. The molecule has 0 spiro atoms. The van der Waals surface area contributed by atoms with Crippen molar-refractivity contribution in [3.63, 3.8) is 0 Å². The SMILES string of the molecule is CCCS(=O)(=O)N1CCC(NCc2cccc(F)c2)CC1.